The van der Waals surface area contributed by atoms with Gasteiger partial charge in [0, 0.05) is 18.3 Å². The minimum atomic E-state index is 0.0321. The number of hydrogen-bond acceptors (Lipinski definition) is 4. The van der Waals surface area contributed by atoms with E-state index in [0.29, 0.717) is 5.56 Å². The number of nitrogens with zero attached hydrogens (tertiary/aromatic N) is 4. The number of benzene rings is 1. The SMILES string of the molecule is Cc1nc2ccc(C(=O)N3CCC[C@H]3c3ccncn3)cc2[nH]1. The van der Waals surface area contributed by atoms with Crippen molar-refractivity contribution in [2.45, 2.75) is 25.8 Å². The summed E-state index contributed by atoms with van der Waals surface area (Å²) in [4.78, 5) is 30.7. The monoisotopic (exact) mass is 307 g/mol. The molecule has 1 aliphatic heterocycles. The van der Waals surface area contributed by atoms with Gasteiger partial charge in [-0.3, -0.25) is 4.79 Å². The lowest BCUT2D eigenvalue weighted by atomic mass is 10.1. The number of H-pyrrole nitrogens is 1. The van der Waals surface area contributed by atoms with Gasteiger partial charge in [-0.25, -0.2) is 15.0 Å². The molecule has 3 aromatic rings. The number of likely N-dealkylation sites (tertiary alicyclic amines) is 1. The van der Waals surface area contributed by atoms with Gasteiger partial charge in [0.2, 0.25) is 0 Å². The van der Waals surface area contributed by atoms with E-state index >= 15 is 0 Å². The highest BCUT2D eigenvalue weighted by molar-refractivity contribution is 5.97. The number of aromatic amines is 1. The van der Waals surface area contributed by atoms with Crippen LogP contribution in [-0.2, 0) is 0 Å². The molecule has 1 aromatic carbocycles. The lowest BCUT2D eigenvalue weighted by Crippen LogP contribution is -2.31. The molecule has 0 aliphatic carbocycles. The van der Waals surface area contributed by atoms with E-state index in [1.54, 1.807) is 6.20 Å². The quantitative estimate of drug-likeness (QED) is 0.789. The van der Waals surface area contributed by atoms with Crippen molar-refractivity contribution in [1.29, 1.82) is 0 Å². The molecule has 0 saturated carbocycles. The summed E-state index contributed by atoms with van der Waals surface area (Å²) < 4.78 is 0. The molecule has 0 radical (unpaired) electrons. The molecule has 3 heterocycles. The number of fused-ring (bicyclic) bond motifs is 1. The number of carbonyl (C=O) groups is 1. The Labute approximate surface area is 133 Å². The number of carbonyl (C=O) groups excluding carboxylic acids is 1. The summed E-state index contributed by atoms with van der Waals surface area (Å²) in [6, 6.07) is 7.54. The van der Waals surface area contributed by atoms with Crippen LogP contribution < -0.4 is 0 Å². The van der Waals surface area contributed by atoms with Gasteiger partial charge in [-0.1, -0.05) is 0 Å². The number of aryl methyl sites for hydroxylation is 1. The first-order valence-electron chi connectivity index (χ1n) is 7.75. The fourth-order valence-corrected chi connectivity index (χ4v) is 3.25. The van der Waals surface area contributed by atoms with E-state index in [1.165, 1.54) is 6.33 Å². The smallest absolute Gasteiger partial charge is 0.254 e. The summed E-state index contributed by atoms with van der Waals surface area (Å²) in [5.74, 6) is 0.893. The molecule has 1 N–H and O–H groups in total. The molecule has 1 aliphatic rings. The highest BCUT2D eigenvalue weighted by Crippen LogP contribution is 2.32. The molecule has 1 atom stereocenters. The van der Waals surface area contributed by atoms with E-state index in [-0.39, 0.29) is 11.9 Å². The van der Waals surface area contributed by atoms with Crippen molar-refractivity contribution in [1.82, 2.24) is 24.8 Å². The molecular formula is C17H17N5O. The van der Waals surface area contributed by atoms with Crippen LogP contribution >= 0.6 is 0 Å². The number of hydrogen-bond donors (Lipinski definition) is 1. The Morgan fingerprint density at radius 1 is 1.35 bits per heavy atom. The summed E-state index contributed by atoms with van der Waals surface area (Å²) >= 11 is 0. The predicted octanol–water partition coefficient (Wildman–Crippen LogP) is 2.64. The molecule has 1 saturated heterocycles. The second-order valence-electron chi connectivity index (χ2n) is 5.84. The first-order chi connectivity index (χ1) is 11.2. The van der Waals surface area contributed by atoms with Crippen molar-refractivity contribution < 1.29 is 4.79 Å². The van der Waals surface area contributed by atoms with Gasteiger partial charge >= 0.3 is 0 Å². The summed E-state index contributed by atoms with van der Waals surface area (Å²) in [5, 5.41) is 0. The Bertz CT molecular complexity index is 858. The van der Waals surface area contributed by atoms with Crippen LogP contribution in [0.2, 0.25) is 0 Å². The number of nitrogens with one attached hydrogen (secondary N) is 1. The zero-order valence-corrected chi connectivity index (χ0v) is 12.9. The van der Waals surface area contributed by atoms with E-state index < -0.39 is 0 Å². The summed E-state index contributed by atoms with van der Waals surface area (Å²) in [6.45, 7) is 2.67. The Morgan fingerprint density at radius 3 is 3.09 bits per heavy atom. The Kier molecular flexibility index (Phi) is 3.29. The van der Waals surface area contributed by atoms with Gasteiger partial charge in [0.1, 0.15) is 12.2 Å². The molecule has 116 valence electrons. The standard InChI is InChI=1S/C17H17N5O/c1-11-20-13-5-4-12(9-15(13)21-11)17(23)22-8-2-3-16(22)14-6-7-18-10-19-14/h4-7,9-10,16H,2-3,8H2,1H3,(H,20,21)/t16-/m0/s1. The van der Waals surface area contributed by atoms with E-state index in [9.17, 15) is 4.79 Å². The van der Waals surface area contributed by atoms with Crippen molar-refractivity contribution in [2.24, 2.45) is 0 Å². The zero-order valence-electron chi connectivity index (χ0n) is 12.9. The van der Waals surface area contributed by atoms with E-state index in [2.05, 4.69) is 19.9 Å². The third-order valence-electron chi connectivity index (χ3n) is 4.31. The Hall–Kier alpha value is -2.76. The molecule has 4 rings (SSSR count). The Balaban J connectivity index is 1.66. The number of imidazole rings is 1. The molecule has 0 spiro atoms. The van der Waals surface area contributed by atoms with Gasteiger partial charge in [0.15, 0.2) is 0 Å². The number of aromatic nitrogens is 4. The first kappa shape index (κ1) is 13.9. The van der Waals surface area contributed by atoms with Crippen molar-refractivity contribution in [3.05, 3.63) is 53.9 Å². The molecular weight excluding hydrogens is 290 g/mol. The molecule has 6 heteroatoms. The maximum atomic E-state index is 12.9. The molecule has 1 fully saturated rings. The van der Waals surface area contributed by atoms with Crippen molar-refractivity contribution in [3.8, 4) is 0 Å². The molecule has 1 amide bonds. The van der Waals surface area contributed by atoms with Gasteiger partial charge < -0.3 is 9.88 Å². The second kappa shape index (κ2) is 5.46. The molecule has 0 unspecified atom stereocenters. The van der Waals surface area contributed by atoms with Gasteiger partial charge in [-0.2, -0.15) is 0 Å². The van der Waals surface area contributed by atoms with Crippen molar-refractivity contribution in [3.63, 3.8) is 0 Å². The number of amides is 1. The van der Waals surface area contributed by atoms with Crippen molar-refractivity contribution in [2.75, 3.05) is 6.54 Å². The van der Waals surface area contributed by atoms with Crippen LogP contribution in [0.25, 0.3) is 11.0 Å². The van der Waals surface area contributed by atoms with Gasteiger partial charge in [0.05, 0.1) is 22.8 Å². The minimum Gasteiger partial charge on any atom is -0.342 e. The van der Waals surface area contributed by atoms with Crippen LogP contribution in [0.5, 0.6) is 0 Å². The average molecular weight is 307 g/mol. The third-order valence-corrected chi connectivity index (χ3v) is 4.31. The van der Waals surface area contributed by atoms with E-state index in [1.807, 2.05) is 36.1 Å². The molecule has 2 aromatic heterocycles. The maximum absolute atomic E-state index is 12.9. The fraction of sp³-hybridized carbons (Fsp3) is 0.294. The fourth-order valence-electron chi connectivity index (χ4n) is 3.25. The minimum absolute atomic E-state index is 0.0321. The van der Waals surface area contributed by atoms with Crippen LogP contribution in [0.1, 0.15) is 40.8 Å². The first-order valence-corrected chi connectivity index (χ1v) is 7.75. The van der Waals surface area contributed by atoms with Crippen LogP contribution in [0, 0.1) is 6.92 Å². The summed E-state index contributed by atoms with van der Waals surface area (Å²) in [5.41, 5.74) is 3.37. The van der Waals surface area contributed by atoms with E-state index in [0.717, 1.165) is 41.9 Å². The predicted molar refractivity (Wildman–Crippen MR) is 85.9 cm³/mol. The van der Waals surface area contributed by atoms with Gasteiger partial charge in [-0.05, 0) is 44.0 Å². The molecule has 6 nitrogen and oxygen atoms in total. The average Bonchev–Trinajstić information content (AvgIpc) is 3.19. The van der Waals surface area contributed by atoms with Gasteiger partial charge in [0.25, 0.3) is 5.91 Å². The van der Waals surface area contributed by atoms with Crippen LogP contribution in [0.4, 0.5) is 0 Å². The largest absolute Gasteiger partial charge is 0.342 e. The lowest BCUT2D eigenvalue weighted by Gasteiger charge is -2.24. The Morgan fingerprint density at radius 2 is 2.26 bits per heavy atom. The van der Waals surface area contributed by atoms with Crippen LogP contribution in [-0.4, -0.2) is 37.3 Å². The third kappa shape index (κ3) is 2.46. The normalized spacial score (nSPS) is 17.8. The maximum Gasteiger partial charge on any atom is 0.254 e. The van der Waals surface area contributed by atoms with Gasteiger partial charge in [-0.15, -0.1) is 0 Å². The lowest BCUT2D eigenvalue weighted by molar-refractivity contribution is 0.0733. The van der Waals surface area contributed by atoms with Crippen LogP contribution in [0.3, 0.4) is 0 Å². The van der Waals surface area contributed by atoms with Crippen LogP contribution in [0.15, 0.2) is 36.8 Å². The zero-order chi connectivity index (χ0) is 15.8. The topological polar surface area (TPSA) is 74.8 Å². The number of rotatable bonds is 2. The molecule has 23 heavy (non-hydrogen) atoms. The highest BCUT2D eigenvalue weighted by atomic mass is 16.2. The summed E-state index contributed by atoms with van der Waals surface area (Å²) in [7, 11) is 0. The second-order valence-corrected chi connectivity index (χ2v) is 5.84. The van der Waals surface area contributed by atoms with E-state index in [4.69, 9.17) is 0 Å². The highest BCUT2D eigenvalue weighted by Gasteiger charge is 2.31. The van der Waals surface area contributed by atoms with Crippen molar-refractivity contribution >= 4 is 16.9 Å². The molecule has 0 bridgehead atoms. The summed E-state index contributed by atoms with van der Waals surface area (Å²) in [6.07, 6.45) is 5.19.